The number of esters is 1. The first-order chi connectivity index (χ1) is 7.60. The van der Waals surface area contributed by atoms with Gasteiger partial charge in [0.1, 0.15) is 0 Å². The van der Waals surface area contributed by atoms with E-state index in [0.717, 1.165) is 18.4 Å². The van der Waals surface area contributed by atoms with Crippen molar-refractivity contribution in [3.05, 3.63) is 34.4 Å². The lowest BCUT2D eigenvalue weighted by atomic mass is 9.97. The third-order valence-electron chi connectivity index (χ3n) is 2.74. The van der Waals surface area contributed by atoms with Crippen molar-refractivity contribution in [2.24, 2.45) is 5.73 Å². The van der Waals surface area contributed by atoms with Gasteiger partial charge in [0, 0.05) is 0 Å². The predicted molar refractivity (Wildman–Crippen MR) is 64.6 cm³/mol. The molecule has 1 rings (SSSR count). The van der Waals surface area contributed by atoms with Crippen LogP contribution in [0, 0.1) is 13.8 Å². The largest absolute Gasteiger partial charge is 0.465 e. The van der Waals surface area contributed by atoms with Gasteiger partial charge in [0.2, 0.25) is 0 Å². The number of methoxy groups -OCH3 is 1. The van der Waals surface area contributed by atoms with Crippen LogP contribution in [0.25, 0.3) is 0 Å². The van der Waals surface area contributed by atoms with E-state index in [2.05, 4.69) is 6.92 Å². The number of rotatable bonds is 4. The molecule has 88 valence electrons. The number of benzene rings is 1. The number of hydrogen-bond donors (Lipinski definition) is 1. The summed E-state index contributed by atoms with van der Waals surface area (Å²) in [4.78, 5) is 11.5. The van der Waals surface area contributed by atoms with Crippen molar-refractivity contribution in [3.8, 4) is 0 Å². The van der Waals surface area contributed by atoms with Crippen LogP contribution in [0.4, 0.5) is 0 Å². The molecule has 0 saturated carbocycles. The summed E-state index contributed by atoms with van der Waals surface area (Å²) in [6, 6.07) is 3.95. The summed E-state index contributed by atoms with van der Waals surface area (Å²) in [5, 5.41) is 0. The average molecular weight is 221 g/mol. The van der Waals surface area contributed by atoms with Crippen molar-refractivity contribution in [2.75, 3.05) is 13.7 Å². The predicted octanol–water partition coefficient (Wildman–Crippen LogP) is 1.98. The minimum atomic E-state index is -0.272. The molecule has 0 aliphatic carbocycles. The highest BCUT2D eigenvalue weighted by Gasteiger charge is 2.11. The fraction of sp³-hybridized carbons (Fsp3) is 0.462. The number of carbonyl (C=O) groups is 1. The second-order valence-electron chi connectivity index (χ2n) is 3.98. The zero-order chi connectivity index (χ0) is 12.1. The maximum Gasteiger partial charge on any atom is 0.338 e. The Morgan fingerprint density at radius 1 is 1.31 bits per heavy atom. The number of nitrogens with two attached hydrogens (primary N) is 1. The molecule has 0 aromatic heterocycles. The molecular formula is C13H19NO2. The lowest BCUT2D eigenvalue weighted by Crippen LogP contribution is -2.07. The van der Waals surface area contributed by atoms with Crippen LogP contribution in [0.3, 0.4) is 0 Å². The second-order valence-corrected chi connectivity index (χ2v) is 3.98. The Hall–Kier alpha value is -1.35. The first-order valence-corrected chi connectivity index (χ1v) is 5.48. The van der Waals surface area contributed by atoms with Crippen molar-refractivity contribution in [1.82, 2.24) is 0 Å². The topological polar surface area (TPSA) is 52.3 Å². The van der Waals surface area contributed by atoms with E-state index < -0.39 is 0 Å². The Kier molecular flexibility index (Phi) is 4.50. The number of carbonyl (C=O) groups excluding carboxylic acids is 1. The van der Waals surface area contributed by atoms with Gasteiger partial charge in [-0.05, 0) is 56.0 Å². The van der Waals surface area contributed by atoms with Gasteiger partial charge in [0.25, 0.3) is 0 Å². The molecule has 0 saturated heterocycles. The van der Waals surface area contributed by atoms with Gasteiger partial charge in [-0.3, -0.25) is 0 Å². The summed E-state index contributed by atoms with van der Waals surface area (Å²) in [5.74, 6) is -0.272. The molecule has 1 aromatic carbocycles. The molecule has 0 spiro atoms. The Labute approximate surface area is 96.6 Å². The van der Waals surface area contributed by atoms with Gasteiger partial charge in [-0.15, -0.1) is 0 Å². The van der Waals surface area contributed by atoms with Gasteiger partial charge >= 0.3 is 5.97 Å². The van der Waals surface area contributed by atoms with E-state index in [-0.39, 0.29) is 5.97 Å². The van der Waals surface area contributed by atoms with Gasteiger partial charge in [0.05, 0.1) is 12.7 Å². The summed E-state index contributed by atoms with van der Waals surface area (Å²) < 4.78 is 4.75. The lowest BCUT2D eigenvalue weighted by molar-refractivity contribution is 0.0600. The van der Waals surface area contributed by atoms with Crippen LogP contribution < -0.4 is 5.73 Å². The second kappa shape index (κ2) is 5.66. The smallest absolute Gasteiger partial charge is 0.338 e. The molecule has 0 aliphatic heterocycles. The van der Waals surface area contributed by atoms with Crippen LogP contribution in [0.2, 0.25) is 0 Å². The third kappa shape index (κ3) is 2.83. The molecular weight excluding hydrogens is 202 g/mol. The molecule has 16 heavy (non-hydrogen) atoms. The van der Waals surface area contributed by atoms with Gasteiger partial charge in [-0.1, -0.05) is 6.07 Å². The van der Waals surface area contributed by atoms with Crippen molar-refractivity contribution in [2.45, 2.75) is 26.7 Å². The molecule has 0 aliphatic rings. The fourth-order valence-corrected chi connectivity index (χ4v) is 1.79. The van der Waals surface area contributed by atoms with Crippen molar-refractivity contribution < 1.29 is 9.53 Å². The molecule has 3 nitrogen and oxygen atoms in total. The zero-order valence-corrected chi connectivity index (χ0v) is 10.2. The van der Waals surface area contributed by atoms with E-state index >= 15 is 0 Å². The molecule has 1 aromatic rings. The molecule has 2 N–H and O–H groups in total. The monoisotopic (exact) mass is 221 g/mol. The average Bonchev–Trinajstić information content (AvgIpc) is 2.27. The molecule has 3 heteroatoms. The van der Waals surface area contributed by atoms with Crippen molar-refractivity contribution >= 4 is 5.97 Å². The molecule has 0 bridgehead atoms. The minimum absolute atomic E-state index is 0.272. The van der Waals surface area contributed by atoms with Crippen LogP contribution in [0.1, 0.15) is 33.5 Å². The van der Waals surface area contributed by atoms with Crippen LogP contribution >= 0.6 is 0 Å². The summed E-state index contributed by atoms with van der Waals surface area (Å²) >= 11 is 0. The molecule has 0 heterocycles. The van der Waals surface area contributed by atoms with Crippen LogP contribution in [0.15, 0.2) is 12.1 Å². The molecule has 0 fully saturated rings. The Morgan fingerprint density at radius 2 is 2.00 bits per heavy atom. The highest BCUT2D eigenvalue weighted by Crippen LogP contribution is 2.18. The molecule has 0 radical (unpaired) electrons. The van der Waals surface area contributed by atoms with Crippen LogP contribution in [-0.2, 0) is 11.2 Å². The first kappa shape index (κ1) is 12.7. The zero-order valence-electron chi connectivity index (χ0n) is 10.2. The van der Waals surface area contributed by atoms with Crippen molar-refractivity contribution in [3.63, 3.8) is 0 Å². The number of ether oxygens (including phenoxy) is 1. The van der Waals surface area contributed by atoms with Crippen LogP contribution in [0.5, 0.6) is 0 Å². The third-order valence-corrected chi connectivity index (χ3v) is 2.74. The first-order valence-electron chi connectivity index (χ1n) is 5.48. The van der Waals surface area contributed by atoms with E-state index in [1.165, 1.54) is 18.2 Å². The van der Waals surface area contributed by atoms with E-state index in [1.807, 2.05) is 19.1 Å². The lowest BCUT2D eigenvalue weighted by Gasteiger charge is -2.10. The Morgan fingerprint density at radius 3 is 2.56 bits per heavy atom. The van der Waals surface area contributed by atoms with Gasteiger partial charge in [-0.25, -0.2) is 4.79 Å². The summed E-state index contributed by atoms with van der Waals surface area (Å²) in [7, 11) is 1.40. The highest BCUT2D eigenvalue weighted by molar-refractivity contribution is 5.91. The molecule has 0 amide bonds. The fourth-order valence-electron chi connectivity index (χ4n) is 1.79. The highest BCUT2D eigenvalue weighted by atomic mass is 16.5. The SMILES string of the molecule is COC(=O)c1cc(CCCN)c(C)cc1C. The van der Waals surface area contributed by atoms with E-state index in [4.69, 9.17) is 10.5 Å². The van der Waals surface area contributed by atoms with E-state index in [0.29, 0.717) is 12.1 Å². The molecule has 0 atom stereocenters. The van der Waals surface area contributed by atoms with Crippen LogP contribution in [-0.4, -0.2) is 19.6 Å². The van der Waals surface area contributed by atoms with E-state index in [9.17, 15) is 4.79 Å². The Balaban J connectivity index is 3.06. The normalized spacial score (nSPS) is 10.2. The number of hydrogen-bond acceptors (Lipinski definition) is 3. The minimum Gasteiger partial charge on any atom is -0.465 e. The van der Waals surface area contributed by atoms with E-state index in [1.54, 1.807) is 0 Å². The standard InChI is InChI=1S/C13H19NO2/c1-9-7-10(2)12(13(15)16-3)8-11(9)5-4-6-14/h7-8H,4-6,14H2,1-3H3. The van der Waals surface area contributed by atoms with Gasteiger partial charge < -0.3 is 10.5 Å². The van der Waals surface area contributed by atoms with Crippen molar-refractivity contribution in [1.29, 1.82) is 0 Å². The van der Waals surface area contributed by atoms with Gasteiger partial charge in [0.15, 0.2) is 0 Å². The number of aryl methyl sites for hydroxylation is 3. The van der Waals surface area contributed by atoms with Gasteiger partial charge in [-0.2, -0.15) is 0 Å². The Bertz CT molecular complexity index is 386. The maximum atomic E-state index is 11.5. The maximum absolute atomic E-state index is 11.5. The molecule has 0 unspecified atom stereocenters. The quantitative estimate of drug-likeness (QED) is 0.791. The summed E-state index contributed by atoms with van der Waals surface area (Å²) in [5.41, 5.74) is 9.49. The summed E-state index contributed by atoms with van der Waals surface area (Å²) in [6.45, 7) is 4.65. The summed E-state index contributed by atoms with van der Waals surface area (Å²) in [6.07, 6.45) is 1.84.